The first-order chi connectivity index (χ1) is 13.4. The molecule has 0 aliphatic carbocycles. The van der Waals surface area contributed by atoms with Crippen molar-refractivity contribution in [1.82, 2.24) is 9.88 Å². The van der Waals surface area contributed by atoms with Crippen LogP contribution < -0.4 is 0 Å². The number of ketones is 1. The summed E-state index contributed by atoms with van der Waals surface area (Å²) in [5.74, 6) is -1.44. The van der Waals surface area contributed by atoms with E-state index in [-0.39, 0.29) is 17.9 Å². The third-order valence-corrected chi connectivity index (χ3v) is 5.58. The van der Waals surface area contributed by atoms with Crippen LogP contribution in [0.15, 0.2) is 47.7 Å². The smallest absolute Gasteiger partial charge is 0.290 e. The van der Waals surface area contributed by atoms with E-state index in [4.69, 9.17) is 4.74 Å². The summed E-state index contributed by atoms with van der Waals surface area (Å²) in [4.78, 5) is 32.0. The van der Waals surface area contributed by atoms with Crippen molar-refractivity contribution in [3.05, 3.63) is 68.9 Å². The molecule has 1 unspecified atom stereocenters. The van der Waals surface area contributed by atoms with Crippen molar-refractivity contribution < 1.29 is 19.4 Å². The van der Waals surface area contributed by atoms with Gasteiger partial charge in [0.2, 0.25) is 5.78 Å². The number of nitrogens with zero attached hydrogens (tertiary/aromatic N) is 2. The van der Waals surface area contributed by atoms with E-state index in [1.165, 1.54) is 23.3 Å². The van der Waals surface area contributed by atoms with Gasteiger partial charge in [-0.3, -0.25) is 9.59 Å². The maximum Gasteiger partial charge on any atom is 0.290 e. The molecule has 0 saturated carbocycles. The normalized spacial score (nSPS) is 17.2. The predicted octanol–water partition coefficient (Wildman–Crippen LogP) is 3.33. The molecule has 1 aromatic carbocycles. The fraction of sp³-hybridized carbons (Fsp3) is 0.286. The zero-order chi connectivity index (χ0) is 20.3. The Balaban J connectivity index is 2.00. The van der Waals surface area contributed by atoms with Gasteiger partial charge in [0.05, 0.1) is 33.8 Å². The molecule has 1 aliphatic rings. The molecule has 0 spiro atoms. The van der Waals surface area contributed by atoms with E-state index in [0.29, 0.717) is 17.2 Å². The summed E-state index contributed by atoms with van der Waals surface area (Å²) in [5.41, 5.74) is 1.62. The van der Waals surface area contributed by atoms with Crippen LogP contribution in [0.3, 0.4) is 0 Å². The van der Waals surface area contributed by atoms with Gasteiger partial charge in [-0.05, 0) is 19.4 Å². The second kappa shape index (κ2) is 8.50. The number of hydrogen-bond acceptors (Lipinski definition) is 6. The van der Waals surface area contributed by atoms with E-state index < -0.39 is 17.7 Å². The number of aliphatic hydroxyl groups is 1. The van der Waals surface area contributed by atoms with E-state index in [0.717, 1.165) is 10.6 Å². The van der Waals surface area contributed by atoms with Crippen LogP contribution in [0.1, 0.15) is 25.9 Å². The molecule has 1 aromatic heterocycles. The van der Waals surface area contributed by atoms with Gasteiger partial charge in [-0.1, -0.05) is 42.5 Å². The standard InChI is InChI=1S/C21H22N2O4S/c1-13-20(28-14(2)22-13)18(24)17-16(10-9-15-7-5-4-6-8-15)23(11-12-27-3)21(26)19(17)25/h4-10,16,25H,11-12H2,1-3H3. The summed E-state index contributed by atoms with van der Waals surface area (Å²) in [6, 6.07) is 8.91. The largest absolute Gasteiger partial charge is 0.503 e. The van der Waals surface area contributed by atoms with Crippen molar-refractivity contribution in [2.24, 2.45) is 0 Å². The molecular formula is C21H22N2O4S. The Labute approximate surface area is 167 Å². The van der Waals surface area contributed by atoms with Gasteiger partial charge >= 0.3 is 0 Å². The van der Waals surface area contributed by atoms with Crippen molar-refractivity contribution in [3.63, 3.8) is 0 Å². The average molecular weight is 398 g/mol. The van der Waals surface area contributed by atoms with E-state index >= 15 is 0 Å². The van der Waals surface area contributed by atoms with Crippen LogP contribution >= 0.6 is 11.3 Å². The molecule has 3 rings (SSSR count). The Bertz CT molecular complexity index is 947. The monoisotopic (exact) mass is 398 g/mol. The summed E-state index contributed by atoms with van der Waals surface area (Å²) < 4.78 is 5.09. The maximum atomic E-state index is 13.2. The number of carbonyl (C=O) groups is 2. The number of aryl methyl sites for hydroxylation is 2. The zero-order valence-electron chi connectivity index (χ0n) is 16.0. The molecule has 28 heavy (non-hydrogen) atoms. The van der Waals surface area contributed by atoms with E-state index in [1.54, 1.807) is 13.0 Å². The quantitative estimate of drug-likeness (QED) is 0.724. The van der Waals surface area contributed by atoms with Crippen molar-refractivity contribution in [2.75, 3.05) is 20.3 Å². The molecule has 2 heterocycles. The minimum atomic E-state index is -0.669. The second-order valence-electron chi connectivity index (χ2n) is 6.44. The molecule has 0 fully saturated rings. The zero-order valence-corrected chi connectivity index (χ0v) is 16.8. The number of aliphatic hydroxyl groups excluding tert-OH is 1. The van der Waals surface area contributed by atoms with Crippen molar-refractivity contribution in [2.45, 2.75) is 19.9 Å². The lowest BCUT2D eigenvalue weighted by Gasteiger charge is -2.23. The SMILES string of the molecule is COCCN1C(=O)C(O)=C(C(=O)c2sc(C)nc2C)C1C=Cc1ccccc1. The van der Waals surface area contributed by atoms with E-state index in [9.17, 15) is 14.7 Å². The first-order valence-electron chi connectivity index (χ1n) is 8.89. The minimum Gasteiger partial charge on any atom is -0.503 e. The molecule has 0 bridgehead atoms. The predicted molar refractivity (Wildman–Crippen MR) is 108 cm³/mol. The van der Waals surface area contributed by atoms with Crippen molar-refractivity contribution in [1.29, 1.82) is 0 Å². The van der Waals surface area contributed by atoms with Gasteiger partial charge in [0.1, 0.15) is 0 Å². The second-order valence-corrected chi connectivity index (χ2v) is 7.65. The number of methoxy groups -OCH3 is 1. The number of carbonyl (C=O) groups excluding carboxylic acids is 2. The first-order valence-corrected chi connectivity index (χ1v) is 9.70. The van der Waals surface area contributed by atoms with Gasteiger partial charge in [0.25, 0.3) is 5.91 Å². The molecule has 146 valence electrons. The fourth-order valence-electron chi connectivity index (χ4n) is 3.18. The molecule has 2 aromatic rings. The fourth-order valence-corrected chi connectivity index (χ4v) is 4.05. The van der Waals surface area contributed by atoms with E-state index in [1.807, 2.05) is 43.3 Å². The van der Waals surface area contributed by atoms with E-state index in [2.05, 4.69) is 4.98 Å². The number of Topliss-reactive ketones (excluding diaryl/α,β-unsaturated/α-hetero) is 1. The third kappa shape index (κ3) is 3.90. The summed E-state index contributed by atoms with van der Waals surface area (Å²) in [5, 5.41) is 11.3. The lowest BCUT2D eigenvalue weighted by Crippen LogP contribution is -2.38. The Kier molecular flexibility index (Phi) is 6.06. The van der Waals surface area contributed by atoms with Gasteiger partial charge in [-0.2, -0.15) is 0 Å². The third-order valence-electron chi connectivity index (χ3n) is 4.51. The highest BCUT2D eigenvalue weighted by molar-refractivity contribution is 7.14. The molecule has 7 heteroatoms. The summed E-state index contributed by atoms with van der Waals surface area (Å²) in [7, 11) is 1.54. The molecule has 1 aliphatic heterocycles. The average Bonchev–Trinajstić information content (AvgIpc) is 3.15. The van der Waals surface area contributed by atoms with Crippen LogP contribution in [0.25, 0.3) is 6.08 Å². The Morgan fingerprint density at radius 1 is 1.32 bits per heavy atom. The molecular weight excluding hydrogens is 376 g/mol. The summed E-state index contributed by atoms with van der Waals surface area (Å²) >= 11 is 1.26. The first kappa shape index (κ1) is 20.0. The highest BCUT2D eigenvalue weighted by Crippen LogP contribution is 2.31. The Morgan fingerprint density at radius 3 is 2.64 bits per heavy atom. The number of amides is 1. The molecule has 1 amide bonds. The lowest BCUT2D eigenvalue weighted by atomic mass is 10.0. The molecule has 1 N–H and O–H groups in total. The molecule has 0 saturated heterocycles. The van der Waals surface area contributed by atoms with Crippen LogP contribution in [0, 0.1) is 13.8 Å². The van der Waals surface area contributed by atoms with Gasteiger partial charge in [0, 0.05) is 13.7 Å². The number of ether oxygens (including phenoxy) is 1. The van der Waals surface area contributed by atoms with Crippen molar-refractivity contribution >= 4 is 29.1 Å². The van der Waals surface area contributed by atoms with Crippen LogP contribution in [0.5, 0.6) is 0 Å². The number of rotatable bonds is 7. The Morgan fingerprint density at radius 2 is 2.04 bits per heavy atom. The van der Waals surface area contributed by atoms with Crippen LogP contribution in [-0.2, 0) is 9.53 Å². The van der Waals surface area contributed by atoms with Crippen LogP contribution in [0.4, 0.5) is 0 Å². The van der Waals surface area contributed by atoms with Crippen LogP contribution in [-0.4, -0.2) is 53.0 Å². The number of hydrogen-bond donors (Lipinski definition) is 1. The van der Waals surface area contributed by atoms with Gasteiger partial charge in [0.15, 0.2) is 5.76 Å². The number of benzene rings is 1. The molecule has 6 nitrogen and oxygen atoms in total. The summed E-state index contributed by atoms with van der Waals surface area (Å²) in [6.45, 7) is 4.14. The summed E-state index contributed by atoms with van der Waals surface area (Å²) in [6.07, 6.45) is 3.61. The lowest BCUT2D eigenvalue weighted by molar-refractivity contribution is -0.129. The minimum absolute atomic E-state index is 0.0834. The van der Waals surface area contributed by atoms with Gasteiger partial charge < -0.3 is 14.7 Å². The Hall–Kier alpha value is -2.77. The maximum absolute atomic E-state index is 13.2. The van der Waals surface area contributed by atoms with Crippen LogP contribution in [0.2, 0.25) is 0 Å². The van der Waals surface area contributed by atoms with Crippen molar-refractivity contribution in [3.8, 4) is 0 Å². The topological polar surface area (TPSA) is 79.7 Å². The number of aromatic nitrogens is 1. The van der Waals surface area contributed by atoms with Gasteiger partial charge in [-0.15, -0.1) is 11.3 Å². The molecule has 0 radical (unpaired) electrons. The van der Waals surface area contributed by atoms with Gasteiger partial charge in [-0.25, -0.2) is 4.98 Å². The number of thiazole rings is 1. The highest BCUT2D eigenvalue weighted by atomic mass is 32.1. The molecule has 1 atom stereocenters. The highest BCUT2D eigenvalue weighted by Gasteiger charge is 2.42.